The fourth-order valence-corrected chi connectivity index (χ4v) is 2.00. The van der Waals surface area contributed by atoms with E-state index in [2.05, 4.69) is 6.58 Å². The maximum Gasteiger partial charge on any atom is 0.0541 e. The van der Waals surface area contributed by atoms with Gasteiger partial charge >= 0.3 is 0 Å². The Hall–Kier alpha value is -0.400. The minimum Gasteiger partial charge on any atom is -0.124 e. The van der Waals surface area contributed by atoms with Crippen molar-refractivity contribution < 1.29 is 0 Å². The Morgan fingerprint density at radius 2 is 2.17 bits per heavy atom. The Morgan fingerprint density at radius 1 is 1.42 bits per heavy atom. The van der Waals surface area contributed by atoms with Gasteiger partial charge in [0.25, 0.3) is 0 Å². The molecule has 0 unspecified atom stereocenters. The van der Waals surface area contributed by atoms with Crippen molar-refractivity contribution in [1.82, 2.24) is 0 Å². The highest BCUT2D eigenvalue weighted by molar-refractivity contribution is 7.99. The molecule has 0 radical (unpaired) electrons. The molecule has 0 aromatic heterocycles. The molecule has 12 heavy (non-hydrogen) atoms. The van der Waals surface area contributed by atoms with Gasteiger partial charge in [0.1, 0.15) is 0 Å². The molecule has 0 amide bonds. The van der Waals surface area contributed by atoms with Crippen LogP contribution in [0.15, 0.2) is 41.8 Å². The van der Waals surface area contributed by atoms with Crippen LogP contribution in [0.3, 0.4) is 0 Å². The monoisotopic (exact) mass is 198 g/mol. The molecule has 0 fully saturated rings. The molecule has 0 aliphatic rings. The van der Waals surface area contributed by atoms with Crippen LogP contribution >= 0.6 is 23.4 Å². The molecule has 0 bridgehead atoms. The van der Waals surface area contributed by atoms with Gasteiger partial charge in [-0.15, -0.1) is 18.3 Å². The summed E-state index contributed by atoms with van der Waals surface area (Å²) in [6.45, 7) is 3.67. The number of halogens is 1. The fourth-order valence-electron chi connectivity index (χ4n) is 0.814. The molecule has 64 valence electrons. The zero-order valence-electron chi connectivity index (χ0n) is 6.79. The summed E-state index contributed by atoms with van der Waals surface area (Å²) in [4.78, 5) is 1.15. The highest BCUT2D eigenvalue weighted by Crippen LogP contribution is 2.26. The predicted octanol–water partition coefficient (Wildman–Crippen LogP) is 4.01. The maximum absolute atomic E-state index is 5.96. The van der Waals surface area contributed by atoms with E-state index in [1.165, 1.54) is 0 Å². The summed E-state index contributed by atoms with van der Waals surface area (Å²) < 4.78 is 0. The molecule has 0 saturated heterocycles. The second kappa shape index (κ2) is 5.28. The summed E-state index contributed by atoms with van der Waals surface area (Å²) in [7, 11) is 0. The smallest absolute Gasteiger partial charge is 0.0541 e. The Morgan fingerprint density at radius 3 is 2.83 bits per heavy atom. The summed E-state index contributed by atoms with van der Waals surface area (Å²) in [6.07, 6.45) is 2.94. The third kappa shape index (κ3) is 2.92. The van der Waals surface area contributed by atoms with Crippen LogP contribution in [0.25, 0.3) is 0 Å². The molecule has 0 nitrogen and oxygen atoms in total. The number of hydrogen-bond donors (Lipinski definition) is 0. The van der Waals surface area contributed by atoms with Crippen molar-refractivity contribution in [2.24, 2.45) is 0 Å². The van der Waals surface area contributed by atoms with Crippen LogP contribution in [0.2, 0.25) is 5.02 Å². The third-order valence-electron chi connectivity index (χ3n) is 1.42. The van der Waals surface area contributed by atoms with E-state index in [4.69, 9.17) is 11.6 Å². The maximum atomic E-state index is 5.96. The van der Waals surface area contributed by atoms with Crippen molar-refractivity contribution in [2.45, 2.75) is 11.3 Å². The van der Waals surface area contributed by atoms with Gasteiger partial charge in [-0.25, -0.2) is 0 Å². The van der Waals surface area contributed by atoms with E-state index in [9.17, 15) is 0 Å². The first-order valence-corrected chi connectivity index (χ1v) is 5.19. The lowest BCUT2D eigenvalue weighted by Crippen LogP contribution is -1.77. The molecule has 0 heterocycles. The van der Waals surface area contributed by atoms with E-state index in [-0.39, 0.29) is 0 Å². The van der Waals surface area contributed by atoms with E-state index < -0.39 is 0 Å². The lowest BCUT2D eigenvalue weighted by Gasteiger charge is -2.00. The van der Waals surface area contributed by atoms with Crippen molar-refractivity contribution in [3.05, 3.63) is 41.9 Å². The number of allylic oxidation sites excluding steroid dienone is 1. The van der Waals surface area contributed by atoms with E-state index in [1.54, 1.807) is 11.8 Å². The standard InChI is InChI=1S/C10H11ClS/c1-2-3-8-12-10-7-5-4-6-9(10)11/h2,4-7H,1,3,8H2. The quantitative estimate of drug-likeness (QED) is 0.400. The summed E-state index contributed by atoms with van der Waals surface area (Å²) in [5.74, 6) is 1.05. The first-order chi connectivity index (χ1) is 5.84. The van der Waals surface area contributed by atoms with Crippen LogP contribution in [0.5, 0.6) is 0 Å². The van der Waals surface area contributed by atoms with Crippen LogP contribution in [0.1, 0.15) is 6.42 Å². The minimum atomic E-state index is 0.839. The number of rotatable bonds is 4. The van der Waals surface area contributed by atoms with Crippen molar-refractivity contribution in [3.63, 3.8) is 0 Å². The van der Waals surface area contributed by atoms with Gasteiger partial charge < -0.3 is 0 Å². The third-order valence-corrected chi connectivity index (χ3v) is 2.96. The fraction of sp³-hybridized carbons (Fsp3) is 0.200. The average molecular weight is 199 g/mol. The van der Waals surface area contributed by atoms with E-state index in [1.807, 2.05) is 30.3 Å². The van der Waals surface area contributed by atoms with Crippen molar-refractivity contribution in [3.8, 4) is 0 Å². The van der Waals surface area contributed by atoms with Crippen LogP contribution < -0.4 is 0 Å². The predicted molar refractivity (Wildman–Crippen MR) is 57.0 cm³/mol. The first kappa shape index (κ1) is 9.69. The van der Waals surface area contributed by atoms with Crippen molar-refractivity contribution in [2.75, 3.05) is 5.75 Å². The molecule has 0 aliphatic heterocycles. The second-order valence-electron chi connectivity index (χ2n) is 2.36. The molecular formula is C10H11ClS. The zero-order chi connectivity index (χ0) is 8.81. The molecule has 1 rings (SSSR count). The molecule has 1 aromatic carbocycles. The summed E-state index contributed by atoms with van der Waals surface area (Å²) >= 11 is 7.72. The van der Waals surface area contributed by atoms with Gasteiger partial charge in [0.05, 0.1) is 5.02 Å². The SMILES string of the molecule is C=CCCSc1ccccc1Cl. The lowest BCUT2D eigenvalue weighted by molar-refractivity contribution is 1.24. The van der Waals surface area contributed by atoms with Crippen molar-refractivity contribution in [1.29, 1.82) is 0 Å². The Bertz CT molecular complexity index is 258. The minimum absolute atomic E-state index is 0.839. The highest BCUT2D eigenvalue weighted by atomic mass is 35.5. The number of hydrogen-bond acceptors (Lipinski definition) is 1. The number of benzene rings is 1. The van der Waals surface area contributed by atoms with Gasteiger partial charge in [0, 0.05) is 10.6 Å². The summed E-state index contributed by atoms with van der Waals surface area (Å²) in [5, 5.41) is 0.839. The Kier molecular flexibility index (Phi) is 4.26. The molecule has 1 aromatic rings. The Labute approximate surface area is 82.6 Å². The molecule has 0 spiro atoms. The summed E-state index contributed by atoms with van der Waals surface area (Å²) in [6, 6.07) is 7.90. The molecule has 2 heteroatoms. The van der Waals surface area contributed by atoms with Crippen LogP contribution in [-0.4, -0.2) is 5.75 Å². The molecule has 0 aliphatic carbocycles. The van der Waals surface area contributed by atoms with E-state index >= 15 is 0 Å². The number of thioether (sulfide) groups is 1. The molecule has 0 saturated carbocycles. The van der Waals surface area contributed by atoms with Crippen molar-refractivity contribution >= 4 is 23.4 Å². The zero-order valence-corrected chi connectivity index (χ0v) is 8.37. The van der Waals surface area contributed by atoms with Crippen LogP contribution in [0.4, 0.5) is 0 Å². The van der Waals surface area contributed by atoms with E-state index in [0.717, 1.165) is 22.1 Å². The van der Waals surface area contributed by atoms with Gasteiger partial charge in [0.15, 0.2) is 0 Å². The van der Waals surface area contributed by atoms with Gasteiger partial charge in [-0.05, 0) is 18.6 Å². The van der Waals surface area contributed by atoms with Gasteiger partial charge in [0.2, 0.25) is 0 Å². The topological polar surface area (TPSA) is 0 Å². The average Bonchev–Trinajstić information content (AvgIpc) is 2.09. The van der Waals surface area contributed by atoms with Gasteiger partial charge in [-0.2, -0.15) is 0 Å². The summed E-state index contributed by atoms with van der Waals surface area (Å²) in [5.41, 5.74) is 0. The largest absolute Gasteiger partial charge is 0.124 e. The second-order valence-corrected chi connectivity index (χ2v) is 3.90. The highest BCUT2D eigenvalue weighted by Gasteiger charge is 1.97. The normalized spacial score (nSPS) is 9.75. The van der Waals surface area contributed by atoms with Gasteiger partial charge in [-0.3, -0.25) is 0 Å². The molecule has 0 atom stereocenters. The van der Waals surface area contributed by atoms with E-state index in [0.29, 0.717) is 0 Å². The first-order valence-electron chi connectivity index (χ1n) is 3.83. The van der Waals surface area contributed by atoms with Crippen LogP contribution in [-0.2, 0) is 0 Å². The van der Waals surface area contributed by atoms with Gasteiger partial charge in [-0.1, -0.05) is 29.8 Å². The Balaban J connectivity index is 2.51. The van der Waals surface area contributed by atoms with Crippen LogP contribution in [0, 0.1) is 0 Å². The lowest BCUT2D eigenvalue weighted by atomic mass is 10.4. The molecular weight excluding hydrogens is 188 g/mol. The molecule has 0 N–H and O–H groups in total.